The van der Waals surface area contributed by atoms with Gasteiger partial charge in [-0.1, -0.05) is 12.1 Å². The Morgan fingerprint density at radius 2 is 1.67 bits per heavy atom. The SMILES string of the molecule is O=C(Nc1ccc(-c2cn3cccnc3n2)cc1)C1CCN(C(=O)c2ccc(C(F)(F)F)cc2)CC1. The van der Waals surface area contributed by atoms with E-state index in [4.69, 9.17) is 0 Å². The van der Waals surface area contributed by atoms with Gasteiger partial charge in [0.2, 0.25) is 11.7 Å². The molecule has 0 spiro atoms. The van der Waals surface area contributed by atoms with Crippen molar-refractivity contribution in [2.24, 2.45) is 5.92 Å². The van der Waals surface area contributed by atoms with Gasteiger partial charge in [0.25, 0.3) is 5.91 Å². The molecule has 0 bridgehead atoms. The molecule has 1 N–H and O–H groups in total. The Morgan fingerprint density at radius 1 is 0.972 bits per heavy atom. The molecule has 3 heterocycles. The van der Waals surface area contributed by atoms with Crippen molar-refractivity contribution < 1.29 is 22.8 Å². The molecule has 7 nitrogen and oxygen atoms in total. The molecule has 1 fully saturated rings. The number of anilines is 1. The Bertz CT molecular complexity index is 1360. The summed E-state index contributed by atoms with van der Waals surface area (Å²) in [6.07, 6.45) is 1.94. The van der Waals surface area contributed by atoms with Crippen molar-refractivity contribution in [2.45, 2.75) is 19.0 Å². The molecule has 4 aromatic rings. The number of alkyl halides is 3. The number of carbonyl (C=O) groups is 2. The largest absolute Gasteiger partial charge is 0.416 e. The Hall–Kier alpha value is -4.21. The van der Waals surface area contributed by atoms with Gasteiger partial charge in [0.15, 0.2) is 0 Å². The van der Waals surface area contributed by atoms with Gasteiger partial charge in [0, 0.05) is 54.4 Å². The van der Waals surface area contributed by atoms with Crippen LogP contribution in [0.4, 0.5) is 18.9 Å². The number of hydrogen-bond donors (Lipinski definition) is 1. The van der Waals surface area contributed by atoms with Crippen molar-refractivity contribution in [3.63, 3.8) is 0 Å². The number of piperidine rings is 1. The Labute approximate surface area is 204 Å². The van der Waals surface area contributed by atoms with Crippen LogP contribution < -0.4 is 5.32 Å². The summed E-state index contributed by atoms with van der Waals surface area (Å²) in [6, 6.07) is 13.4. The second-order valence-corrected chi connectivity index (χ2v) is 8.66. The number of nitrogens with one attached hydrogen (secondary N) is 1. The lowest BCUT2D eigenvalue weighted by atomic mass is 9.95. The highest BCUT2D eigenvalue weighted by molar-refractivity contribution is 5.95. The maximum absolute atomic E-state index is 12.8. The van der Waals surface area contributed by atoms with Crippen LogP contribution in [0.1, 0.15) is 28.8 Å². The maximum Gasteiger partial charge on any atom is 0.416 e. The van der Waals surface area contributed by atoms with E-state index in [0.29, 0.717) is 37.4 Å². The van der Waals surface area contributed by atoms with Crippen molar-refractivity contribution in [3.05, 3.63) is 84.3 Å². The molecule has 0 aliphatic carbocycles. The van der Waals surface area contributed by atoms with Gasteiger partial charge in [0.05, 0.1) is 11.3 Å². The first kappa shape index (κ1) is 23.5. The number of halogens is 3. The van der Waals surface area contributed by atoms with Crippen LogP contribution in [0.2, 0.25) is 0 Å². The van der Waals surface area contributed by atoms with Gasteiger partial charge in [-0.3, -0.25) is 14.0 Å². The molecule has 1 aliphatic heterocycles. The van der Waals surface area contributed by atoms with Crippen LogP contribution in [0.15, 0.2) is 73.2 Å². The quantitative estimate of drug-likeness (QED) is 0.438. The number of aromatic nitrogens is 3. The lowest BCUT2D eigenvalue weighted by Gasteiger charge is -2.31. The van der Waals surface area contributed by atoms with Crippen LogP contribution in [0.3, 0.4) is 0 Å². The van der Waals surface area contributed by atoms with Crippen molar-refractivity contribution >= 4 is 23.3 Å². The predicted molar refractivity (Wildman–Crippen MR) is 127 cm³/mol. The van der Waals surface area contributed by atoms with E-state index in [9.17, 15) is 22.8 Å². The second kappa shape index (κ2) is 9.44. The van der Waals surface area contributed by atoms with Crippen molar-refractivity contribution in [3.8, 4) is 11.3 Å². The van der Waals surface area contributed by atoms with Crippen LogP contribution >= 0.6 is 0 Å². The minimum Gasteiger partial charge on any atom is -0.339 e. The smallest absolute Gasteiger partial charge is 0.339 e. The van der Waals surface area contributed by atoms with Crippen LogP contribution in [0.5, 0.6) is 0 Å². The average Bonchev–Trinajstić information content (AvgIpc) is 3.33. The minimum absolute atomic E-state index is 0.124. The lowest BCUT2D eigenvalue weighted by Crippen LogP contribution is -2.41. The van der Waals surface area contributed by atoms with E-state index in [1.807, 2.05) is 47.1 Å². The molecular weight excluding hydrogens is 471 g/mol. The van der Waals surface area contributed by atoms with E-state index in [0.717, 1.165) is 23.4 Å². The Balaban J connectivity index is 1.15. The molecule has 10 heteroatoms. The molecule has 0 radical (unpaired) electrons. The molecule has 2 aromatic carbocycles. The number of carbonyl (C=O) groups excluding carboxylic acids is 2. The van der Waals surface area contributed by atoms with Crippen molar-refractivity contribution in [2.75, 3.05) is 18.4 Å². The molecule has 5 rings (SSSR count). The summed E-state index contributed by atoms with van der Waals surface area (Å²) in [5, 5.41) is 2.93. The first-order chi connectivity index (χ1) is 17.3. The molecular formula is C26H22F3N5O2. The summed E-state index contributed by atoms with van der Waals surface area (Å²) in [5.41, 5.74) is 1.74. The van der Waals surface area contributed by atoms with Gasteiger partial charge in [-0.05, 0) is 55.3 Å². The van der Waals surface area contributed by atoms with E-state index in [2.05, 4.69) is 15.3 Å². The second-order valence-electron chi connectivity index (χ2n) is 8.66. The zero-order chi connectivity index (χ0) is 25.3. The van der Waals surface area contributed by atoms with Gasteiger partial charge in [-0.25, -0.2) is 9.97 Å². The molecule has 0 atom stereocenters. The summed E-state index contributed by atoms with van der Waals surface area (Å²) < 4.78 is 40.1. The number of likely N-dealkylation sites (tertiary alicyclic amines) is 1. The van der Waals surface area contributed by atoms with Gasteiger partial charge in [0.1, 0.15) is 0 Å². The number of imidazole rings is 1. The molecule has 2 amide bonds. The van der Waals surface area contributed by atoms with Crippen LogP contribution in [-0.2, 0) is 11.0 Å². The highest BCUT2D eigenvalue weighted by atomic mass is 19.4. The molecule has 184 valence electrons. The molecule has 36 heavy (non-hydrogen) atoms. The van der Waals surface area contributed by atoms with E-state index >= 15 is 0 Å². The van der Waals surface area contributed by atoms with E-state index in [1.165, 1.54) is 12.1 Å². The highest BCUT2D eigenvalue weighted by Crippen LogP contribution is 2.29. The molecule has 2 aromatic heterocycles. The fourth-order valence-corrected chi connectivity index (χ4v) is 4.27. The summed E-state index contributed by atoms with van der Waals surface area (Å²) >= 11 is 0. The predicted octanol–water partition coefficient (Wildman–Crippen LogP) is 4.91. The highest BCUT2D eigenvalue weighted by Gasteiger charge is 2.31. The fourth-order valence-electron chi connectivity index (χ4n) is 4.27. The molecule has 1 aliphatic rings. The number of amides is 2. The number of nitrogens with zero attached hydrogens (tertiary/aromatic N) is 4. The summed E-state index contributed by atoms with van der Waals surface area (Å²) in [6.45, 7) is 0.720. The summed E-state index contributed by atoms with van der Waals surface area (Å²) in [4.78, 5) is 35.7. The number of benzene rings is 2. The topological polar surface area (TPSA) is 79.6 Å². The third-order valence-electron chi connectivity index (χ3n) is 6.30. The normalized spacial score (nSPS) is 14.7. The van der Waals surface area contributed by atoms with Crippen molar-refractivity contribution in [1.82, 2.24) is 19.3 Å². The monoisotopic (exact) mass is 493 g/mol. The Kier molecular flexibility index (Phi) is 6.17. The van der Waals surface area contributed by atoms with Crippen molar-refractivity contribution in [1.29, 1.82) is 0 Å². The number of hydrogen-bond acceptors (Lipinski definition) is 4. The van der Waals surface area contributed by atoms with E-state index in [1.54, 1.807) is 11.1 Å². The third-order valence-corrected chi connectivity index (χ3v) is 6.30. The molecule has 0 saturated carbocycles. The number of fused-ring (bicyclic) bond motifs is 1. The van der Waals surface area contributed by atoms with Gasteiger partial charge in [-0.2, -0.15) is 13.2 Å². The zero-order valence-corrected chi connectivity index (χ0v) is 19.1. The fraction of sp³-hybridized carbons (Fsp3) is 0.231. The number of rotatable bonds is 4. The maximum atomic E-state index is 12.8. The van der Waals surface area contributed by atoms with Gasteiger partial charge >= 0.3 is 6.18 Å². The average molecular weight is 493 g/mol. The van der Waals surface area contributed by atoms with Gasteiger partial charge < -0.3 is 10.2 Å². The van der Waals surface area contributed by atoms with Gasteiger partial charge in [-0.15, -0.1) is 0 Å². The molecule has 1 saturated heterocycles. The summed E-state index contributed by atoms with van der Waals surface area (Å²) in [5.74, 6) is -0.111. The molecule has 0 unspecified atom stereocenters. The first-order valence-corrected chi connectivity index (χ1v) is 11.5. The van der Waals surface area contributed by atoms with E-state index in [-0.39, 0.29) is 23.3 Å². The summed E-state index contributed by atoms with van der Waals surface area (Å²) in [7, 11) is 0. The zero-order valence-electron chi connectivity index (χ0n) is 19.1. The minimum atomic E-state index is -4.45. The van der Waals surface area contributed by atoms with Crippen LogP contribution in [0.25, 0.3) is 17.0 Å². The van der Waals surface area contributed by atoms with E-state index < -0.39 is 11.7 Å². The standard InChI is InChI=1S/C26H22F3N5O2/c27-26(28,29)20-6-2-19(3-7-20)24(36)33-14-10-18(11-15-33)23(35)31-21-8-4-17(5-9-21)22-16-34-13-1-12-30-25(34)32-22/h1-9,12-13,16,18H,10-11,14-15H2,(H,31,35). The first-order valence-electron chi connectivity index (χ1n) is 11.5. The lowest BCUT2D eigenvalue weighted by molar-refractivity contribution is -0.137. The Morgan fingerprint density at radius 3 is 2.31 bits per heavy atom. The van der Waals surface area contributed by atoms with Crippen LogP contribution in [0, 0.1) is 5.92 Å². The van der Waals surface area contributed by atoms with Crippen LogP contribution in [-0.4, -0.2) is 44.2 Å². The third kappa shape index (κ3) is 4.93.